The molecule has 1 atom stereocenters. The molecule has 1 saturated heterocycles. The molecule has 1 N–H and O–H groups in total. The van der Waals surface area contributed by atoms with Crippen molar-refractivity contribution in [1.82, 2.24) is 10.2 Å². The number of nitrogens with zero attached hydrogens (tertiary/aromatic N) is 1. The molecule has 1 aliphatic heterocycles. The van der Waals surface area contributed by atoms with Gasteiger partial charge in [0.15, 0.2) is 0 Å². The molecule has 122 valence electrons. The van der Waals surface area contributed by atoms with Gasteiger partial charge in [-0.15, -0.1) is 0 Å². The molecule has 0 aromatic heterocycles. The minimum absolute atomic E-state index is 0.144. The summed E-state index contributed by atoms with van der Waals surface area (Å²) in [6.07, 6.45) is 1.23. The Kier molecular flexibility index (Phi) is 3.35. The lowest BCUT2D eigenvalue weighted by molar-refractivity contribution is -0.132. The number of hydrogen-bond acceptors (Lipinski definition) is 2. The maximum absolute atomic E-state index is 14.0. The molecule has 1 fully saturated rings. The number of aryl methyl sites for hydroxylation is 1. The van der Waals surface area contributed by atoms with Crippen LogP contribution in [0.2, 0.25) is 5.02 Å². The van der Waals surface area contributed by atoms with E-state index in [1.165, 1.54) is 12.1 Å². The Morgan fingerprint density at radius 3 is 2.75 bits per heavy atom. The van der Waals surface area contributed by atoms with Gasteiger partial charge < -0.3 is 5.32 Å². The number of benzene rings is 2. The monoisotopic (exact) mass is 344 g/mol. The Bertz CT molecular complexity index is 850. The molecule has 1 heterocycles. The highest BCUT2D eigenvalue weighted by Crippen LogP contribution is 2.41. The second-order valence-corrected chi connectivity index (χ2v) is 6.49. The number of rotatable bonds is 2. The fourth-order valence-corrected chi connectivity index (χ4v) is 3.80. The highest BCUT2D eigenvalue weighted by molar-refractivity contribution is 6.31. The molecule has 4 rings (SSSR count). The first-order valence-electron chi connectivity index (χ1n) is 7.68. The largest absolute Gasteiger partial charge is 0.325 e. The van der Waals surface area contributed by atoms with Crippen LogP contribution in [0.15, 0.2) is 42.5 Å². The van der Waals surface area contributed by atoms with Gasteiger partial charge >= 0.3 is 6.03 Å². The zero-order valence-electron chi connectivity index (χ0n) is 12.7. The first-order chi connectivity index (χ1) is 11.5. The molecule has 4 nitrogen and oxygen atoms in total. The van der Waals surface area contributed by atoms with Gasteiger partial charge in [0.05, 0.1) is 6.54 Å². The maximum atomic E-state index is 14.0. The van der Waals surface area contributed by atoms with E-state index in [1.807, 2.05) is 24.3 Å². The Labute approximate surface area is 143 Å². The van der Waals surface area contributed by atoms with E-state index in [0.29, 0.717) is 6.42 Å². The van der Waals surface area contributed by atoms with Crippen molar-refractivity contribution in [2.45, 2.75) is 24.9 Å². The molecule has 2 aromatic carbocycles. The van der Waals surface area contributed by atoms with Crippen LogP contribution in [0.1, 0.15) is 23.1 Å². The molecule has 3 amide bonds. The maximum Gasteiger partial charge on any atom is 0.325 e. The summed E-state index contributed by atoms with van der Waals surface area (Å²) in [6.45, 7) is -0.180. The van der Waals surface area contributed by atoms with Gasteiger partial charge in [-0.05, 0) is 36.1 Å². The van der Waals surface area contributed by atoms with Crippen molar-refractivity contribution in [3.63, 3.8) is 0 Å². The smallest absolute Gasteiger partial charge is 0.319 e. The van der Waals surface area contributed by atoms with E-state index >= 15 is 0 Å². The molecule has 1 spiro atoms. The van der Waals surface area contributed by atoms with Crippen LogP contribution in [0.4, 0.5) is 9.18 Å². The summed E-state index contributed by atoms with van der Waals surface area (Å²) >= 11 is 6.03. The Morgan fingerprint density at radius 2 is 1.96 bits per heavy atom. The Morgan fingerprint density at radius 1 is 1.17 bits per heavy atom. The van der Waals surface area contributed by atoms with Gasteiger partial charge in [0.1, 0.15) is 11.4 Å². The van der Waals surface area contributed by atoms with E-state index in [9.17, 15) is 14.0 Å². The zero-order valence-corrected chi connectivity index (χ0v) is 13.4. The van der Waals surface area contributed by atoms with Gasteiger partial charge in [-0.25, -0.2) is 9.18 Å². The summed E-state index contributed by atoms with van der Waals surface area (Å²) in [5, 5.41) is 3.01. The molecular formula is C18H14ClFN2O2. The standard InChI is InChI=1S/C18H14ClFN2O2/c19-14-6-3-7-15(20)12(14)10-22-16(23)18(21-17(22)24)9-8-11-4-1-2-5-13(11)18/h1-7H,8-10H2,(H,21,24)/t18-/m0/s1. The minimum Gasteiger partial charge on any atom is -0.319 e. The van der Waals surface area contributed by atoms with Crippen LogP contribution in [-0.2, 0) is 23.3 Å². The summed E-state index contributed by atoms with van der Waals surface area (Å²) in [6, 6.07) is 11.4. The quantitative estimate of drug-likeness (QED) is 0.849. The van der Waals surface area contributed by atoms with Gasteiger partial charge in [0.2, 0.25) is 0 Å². The second-order valence-electron chi connectivity index (χ2n) is 6.08. The highest BCUT2D eigenvalue weighted by Gasteiger charge is 2.55. The van der Waals surface area contributed by atoms with Gasteiger partial charge in [0.25, 0.3) is 5.91 Å². The fraction of sp³-hybridized carbons (Fsp3) is 0.222. The van der Waals surface area contributed by atoms with Gasteiger partial charge in [0, 0.05) is 10.6 Å². The third-order valence-corrected chi connectivity index (χ3v) is 5.15. The van der Waals surface area contributed by atoms with Crippen LogP contribution in [-0.4, -0.2) is 16.8 Å². The topological polar surface area (TPSA) is 49.4 Å². The van der Waals surface area contributed by atoms with E-state index in [4.69, 9.17) is 11.6 Å². The van der Waals surface area contributed by atoms with Crippen molar-refractivity contribution in [3.8, 4) is 0 Å². The van der Waals surface area contributed by atoms with Crippen molar-refractivity contribution in [2.24, 2.45) is 0 Å². The SMILES string of the molecule is O=C1N[C@]2(CCc3ccccc32)C(=O)N1Cc1c(F)cccc1Cl. The van der Waals surface area contributed by atoms with Gasteiger partial charge in [-0.3, -0.25) is 9.69 Å². The predicted octanol–water partition coefficient (Wildman–Crippen LogP) is 3.37. The number of carbonyl (C=O) groups excluding carboxylic acids is 2. The van der Waals surface area contributed by atoms with Crippen LogP contribution >= 0.6 is 11.6 Å². The third kappa shape index (κ3) is 2.04. The summed E-state index contributed by atoms with van der Waals surface area (Å²) in [5.41, 5.74) is 0.985. The van der Waals surface area contributed by atoms with Crippen LogP contribution in [0.3, 0.4) is 0 Å². The highest BCUT2D eigenvalue weighted by atomic mass is 35.5. The molecule has 1 aliphatic carbocycles. The number of fused-ring (bicyclic) bond motifs is 2. The lowest BCUT2D eigenvalue weighted by Crippen LogP contribution is -2.41. The fourth-order valence-electron chi connectivity index (χ4n) is 3.57. The van der Waals surface area contributed by atoms with E-state index in [2.05, 4.69) is 5.32 Å². The molecule has 0 unspecified atom stereocenters. The number of halogens is 2. The van der Waals surface area contributed by atoms with Gasteiger partial charge in [-0.1, -0.05) is 41.9 Å². The average Bonchev–Trinajstić information content (AvgIpc) is 3.04. The first kappa shape index (κ1) is 15.1. The number of carbonyl (C=O) groups is 2. The van der Waals surface area contributed by atoms with E-state index in [-0.39, 0.29) is 23.0 Å². The number of hydrogen-bond donors (Lipinski definition) is 1. The summed E-state index contributed by atoms with van der Waals surface area (Å²) in [4.78, 5) is 26.5. The molecule has 2 aromatic rings. The minimum atomic E-state index is -1.04. The van der Waals surface area contributed by atoms with Crippen molar-refractivity contribution in [2.75, 3.05) is 0 Å². The molecular weight excluding hydrogens is 331 g/mol. The Balaban J connectivity index is 1.71. The lowest BCUT2D eigenvalue weighted by Gasteiger charge is -2.22. The molecule has 24 heavy (non-hydrogen) atoms. The van der Waals surface area contributed by atoms with Crippen LogP contribution in [0, 0.1) is 5.82 Å². The van der Waals surface area contributed by atoms with Crippen molar-refractivity contribution < 1.29 is 14.0 Å². The van der Waals surface area contributed by atoms with Crippen LogP contribution in [0.25, 0.3) is 0 Å². The summed E-state index contributed by atoms with van der Waals surface area (Å²) in [7, 11) is 0. The third-order valence-electron chi connectivity index (χ3n) is 4.80. The zero-order chi connectivity index (χ0) is 16.9. The predicted molar refractivity (Wildman–Crippen MR) is 86.9 cm³/mol. The molecule has 0 bridgehead atoms. The number of amides is 3. The molecule has 6 heteroatoms. The number of nitrogens with one attached hydrogen (secondary N) is 1. The van der Waals surface area contributed by atoms with Crippen LogP contribution in [0.5, 0.6) is 0 Å². The second kappa shape index (κ2) is 5.31. The summed E-state index contributed by atoms with van der Waals surface area (Å²) < 4.78 is 14.0. The van der Waals surface area contributed by atoms with E-state index < -0.39 is 17.4 Å². The molecule has 0 radical (unpaired) electrons. The number of urea groups is 1. The average molecular weight is 345 g/mol. The van der Waals surface area contributed by atoms with Crippen molar-refractivity contribution in [1.29, 1.82) is 0 Å². The lowest BCUT2D eigenvalue weighted by atomic mass is 9.92. The van der Waals surface area contributed by atoms with E-state index in [1.54, 1.807) is 6.07 Å². The normalized spacial score (nSPS) is 22.2. The van der Waals surface area contributed by atoms with E-state index in [0.717, 1.165) is 22.4 Å². The first-order valence-corrected chi connectivity index (χ1v) is 8.06. The van der Waals surface area contributed by atoms with Gasteiger partial charge in [-0.2, -0.15) is 0 Å². The van der Waals surface area contributed by atoms with Crippen molar-refractivity contribution >= 4 is 23.5 Å². The molecule has 2 aliphatic rings. The molecule has 0 saturated carbocycles. The summed E-state index contributed by atoms with van der Waals surface area (Å²) in [5.74, 6) is -0.882. The van der Waals surface area contributed by atoms with Crippen molar-refractivity contribution in [3.05, 3.63) is 70.0 Å². The Hall–Kier alpha value is -2.40. The number of imide groups is 1. The van der Waals surface area contributed by atoms with Crippen LogP contribution < -0.4 is 5.32 Å².